The van der Waals surface area contributed by atoms with Crippen LogP contribution in [0, 0.1) is 0 Å². The summed E-state index contributed by atoms with van der Waals surface area (Å²) >= 11 is 0. The molecule has 0 aliphatic carbocycles. The summed E-state index contributed by atoms with van der Waals surface area (Å²) in [5.41, 5.74) is 5.11. The summed E-state index contributed by atoms with van der Waals surface area (Å²) in [4.78, 5) is 10.1. The third-order valence-corrected chi connectivity index (χ3v) is 1.01. The predicted molar refractivity (Wildman–Crippen MR) is 35.1 cm³/mol. The summed E-state index contributed by atoms with van der Waals surface area (Å²) in [6.45, 7) is 0. The highest BCUT2D eigenvalue weighted by molar-refractivity contribution is 5.73. The Hall–Kier alpha value is -1.10. The first-order valence-electron chi connectivity index (χ1n) is 2.82. The van der Waals surface area contributed by atoms with Crippen molar-refractivity contribution in [2.45, 2.75) is 18.9 Å². The zero-order valence-electron chi connectivity index (χ0n) is 5.40. The zero-order chi connectivity index (χ0) is 7.98. The average molecular weight is 146 g/mol. The van der Waals surface area contributed by atoms with E-state index in [4.69, 9.17) is 16.0 Å². The van der Waals surface area contributed by atoms with E-state index in [2.05, 4.69) is 5.16 Å². The lowest BCUT2D eigenvalue weighted by Gasteiger charge is -2.00. The van der Waals surface area contributed by atoms with Crippen LogP contribution in [0.1, 0.15) is 12.8 Å². The second-order valence-electron chi connectivity index (χ2n) is 1.82. The van der Waals surface area contributed by atoms with Gasteiger partial charge in [-0.1, -0.05) is 0 Å². The molecule has 0 unspecified atom stereocenters. The van der Waals surface area contributed by atoms with Crippen LogP contribution in [-0.2, 0) is 4.79 Å². The van der Waals surface area contributed by atoms with E-state index >= 15 is 0 Å². The van der Waals surface area contributed by atoms with Crippen molar-refractivity contribution in [3.8, 4) is 0 Å². The monoisotopic (exact) mass is 146 g/mol. The van der Waals surface area contributed by atoms with Crippen LogP contribution in [-0.4, -0.2) is 28.5 Å². The first-order chi connectivity index (χ1) is 4.68. The van der Waals surface area contributed by atoms with E-state index in [1.165, 1.54) is 6.21 Å². The van der Waals surface area contributed by atoms with Gasteiger partial charge in [-0.3, -0.25) is 4.79 Å². The number of carboxylic acid groups (broad SMARTS) is 1. The molecule has 0 saturated carbocycles. The molecule has 10 heavy (non-hydrogen) atoms. The van der Waals surface area contributed by atoms with Gasteiger partial charge in [0.15, 0.2) is 0 Å². The molecule has 1 atom stereocenters. The van der Waals surface area contributed by atoms with Crippen LogP contribution in [0.3, 0.4) is 0 Å². The Balaban J connectivity index is 3.39. The Morgan fingerprint density at radius 3 is 2.80 bits per heavy atom. The zero-order valence-corrected chi connectivity index (χ0v) is 5.40. The normalized spacial score (nSPS) is 13.7. The lowest BCUT2D eigenvalue weighted by Crippen LogP contribution is -2.29. The van der Waals surface area contributed by atoms with Gasteiger partial charge in [-0.2, -0.15) is 0 Å². The second kappa shape index (κ2) is 4.75. The Morgan fingerprint density at radius 1 is 1.80 bits per heavy atom. The van der Waals surface area contributed by atoms with Crippen LogP contribution in [0.2, 0.25) is 0 Å². The van der Waals surface area contributed by atoms with Crippen molar-refractivity contribution in [1.29, 1.82) is 0 Å². The van der Waals surface area contributed by atoms with Crippen LogP contribution < -0.4 is 5.73 Å². The smallest absolute Gasteiger partial charge is 0.320 e. The van der Waals surface area contributed by atoms with Crippen LogP contribution in [0.4, 0.5) is 0 Å². The highest BCUT2D eigenvalue weighted by Crippen LogP contribution is 1.90. The van der Waals surface area contributed by atoms with Crippen molar-refractivity contribution in [1.82, 2.24) is 0 Å². The number of hydrogen-bond donors (Lipinski definition) is 3. The predicted octanol–water partition coefficient (Wildman–Crippen LogP) is -0.362. The fraction of sp³-hybridized carbons (Fsp3) is 0.600. The Kier molecular flexibility index (Phi) is 4.23. The fourth-order valence-electron chi connectivity index (χ4n) is 0.435. The quantitative estimate of drug-likeness (QED) is 0.286. The van der Waals surface area contributed by atoms with Gasteiger partial charge in [0.25, 0.3) is 0 Å². The number of oxime groups is 1. The highest BCUT2D eigenvalue weighted by atomic mass is 16.4. The standard InChI is InChI=1S/C5H10N2O3/c6-4(5(8)9)2-1-3-7-10/h3-4,10H,1-2,6H2,(H,8,9)/b7-3-/t4-/m0/s1. The van der Waals surface area contributed by atoms with Gasteiger partial charge in [-0.15, -0.1) is 5.16 Å². The molecule has 4 N–H and O–H groups in total. The number of carboxylic acids is 1. The van der Waals surface area contributed by atoms with E-state index in [-0.39, 0.29) is 0 Å². The lowest BCUT2D eigenvalue weighted by molar-refractivity contribution is -0.138. The average Bonchev–Trinajstić information content (AvgIpc) is 1.88. The molecule has 0 aromatic carbocycles. The number of hydrogen-bond acceptors (Lipinski definition) is 4. The molecule has 5 heteroatoms. The highest BCUT2D eigenvalue weighted by Gasteiger charge is 2.08. The van der Waals surface area contributed by atoms with Gasteiger partial charge in [-0.25, -0.2) is 0 Å². The molecule has 0 heterocycles. The maximum absolute atomic E-state index is 10.1. The minimum atomic E-state index is -1.04. The van der Waals surface area contributed by atoms with Crippen LogP contribution >= 0.6 is 0 Å². The molecule has 0 amide bonds. The Bertz CT molecular complexity index is 135. The van der Waals surface area contributed by atoms with Gasteiger partial charge in [-0.05, 0) is 12.8 Å². The molecule has 0 bridgehead atoms. The van der Waals surface area contributed by atoms with Gasteiger partial charge in [0, 0.05) is 6.21 Å². The molecular weight excluding hydrogens is 136 g/mol. The minimum Gasteiger partial charge on any atom is -0.480 e. The van der Waals surface area contributed by atoms with Crippen molar-refractivity contribution >= 4 is 12.2 Å². The number of rotatable bonds is 4. The van der Waals surface area contributed by atoms with Crippen molar-refractivity contribution in [2.24, 2.45) is 10.9 Å². The maximum Gasteiger partial charge on any atom is 0.320 e. The van der Waals surface area contributed by atoms with E-state index in [1.54, 1.807) is 0 Å². The van der Waals surface area contributed by atoms with Gasteiger partial charge in [0.2, 0.25) is 0 Å². The molecule has 0 radical (unpaired) electrons. The number of carbonyl (C=O) groups is 1. The van der Waals surface area contributed by atoms with Crippen molar-refractivity contribution < 1.29 is 15.1 Å². The molecule has 58 valence electrons. The SMILES string of the molecule is N[C@@H](CC/C=N\O)C(=O)O. The topological polar surface area (TPSA) is 95.9 Å². The van der Waals surface area contributed by atoms with E-state index in [0.717, 1.165) is 0 Å². The molecule has 0 aliphatic rings. The van der Waals surface area contributed by atoms with Crippen molar-refractivity contribution in [2.75, 3.05) is 0 Å². The molecule has 0 rings (SSSR count). The Morgan fingerprint density at radius 2 is 2.40 bits per heavy atom. The van der Waals surface area contributed by atoms with Gasteiger partial charge < -0.3 is 16.0 Å². The molecule has 0 spiro atoms. The van der Waals surface area contributed by atoms with Gasteiger partial charge >= 0.3 is 5.97 Å². The molecule has 5 nitrogen and oxygen atoms in total. The lowest BCUT2D eigenvalue weighted by atomic mass is 10.2. The number of nitrogens with two attached hydrogens (primary N) is 1. The summed E-state index contributed by atoms with van der Waals surface area (Å²) in [7, 11) is 0. The van der Waals surface area contributed by atoms with Crippen molar-refractivity contribution in [3.05, 3.63) is 0 Å². The number of nitrogens with zero attached hydrogens (tertiary/aromatic N) is 1. The first-order valence-corrected chi connectivity index (χ1v) is 2.82. The van der Waals surface area contributed by atoms with Crippen LogP contribution in [0.5, 0.6) is 0 Å². The second-order valence-corrected chi connectivity index (χ2v) is 1.82. The van der Waals surface area contributed by atoms with E-state index < -0.39 is 12.0 Å². The van der Waals surface area contributed by atoms with Gasteiger partial charge in [0.05, 0.1) is 0 Å². The molecule has 0 saturated heterocycles. The molecular formula is C5H10N2O3. The van der Waals surface area contributed by atoms with Gasteiger partial charge in [0.1, 0.15) is 6.04 Å². The van der Waals surface area contributed by atoms with Crippen molar-refractivity contribution in [3.63, 3.8) is 0 Å². The molecule has 0 fully saturated rings. The molecule has 0 aromatic heterocycles. The summed E-state index contributed by atoms with van der Waals surface area (Å²) in [6.07, 6.45) is 1.88. The third-order valence-electron chi connectivity index (χ3n) is 1.01. The molecule has 0 aromatic rings. The summed E-state index contributed by atoms with van der Waals surface area (Å²) in [6, 6.07) is -0.863. The van der Waals surface area contributed by atoms with Crippen LogP contribution in [0.25, 0.3) is 0 Å². The Labute approximate surface area is 58.1 Å². The minimum absolute atomic E-state index is 0.291. The summed E-state index contributed by atoms with van der Waals surface area (Å²) in [5, 5.41) is 18.8. The van der Waals surface area contributed by atoms with E-state index in [9.17, 15) is 4.79 Å². The van der Waals surface area contributed by atoms with E-state index in [0.29, 0.717) is 12.8 Å². The summed E-state index contributed by atoms with van der Waals surface area (Å²) < 4.78 is 0. The first kappa shape index (κ1) is 8.90. The number of aliphatic carboxylic acids is 1. The third kappa shape index (κ3) is 3.85. The van der Waals surface area contributed by atoms with Crippen LogP contribution in [0.15, 0.2) is 5.16 Å². The largest absolute Gasteiger partial charge is 0.480 e. The maximum atomic E-state index is 10.1. The van der Waals surface area contributed by atoms with E-state index in [1.807, 2.05) is 0 Å². The molecule has 0 aliphatic heterocycles. The summed E-state index contributed by atoms with van der Waals surface area (Å²) in [5.74, 6) is -1.04. The fourth-order valence-corrected chi connectivity index (χ4v) is 0.435.